The number of aromatic nitrogens is 1. The summed E-state index contributed by atoms with van der Waals surface area (Å²) in [6.45, 7) is 0.0699. The summed E-state index contributed by atoms with van der Waals surface area (Å²) in [6, 6.07) is 17.6. The molecule has 0 bridgehead atoms. The van der Waals surface area contributed by atoms with Gasteiger partial charge in [0.1, 0.15) is 16.8 Å². The molecule has 10 heteroatoms. The highest BCUT2D eigenvalue weighted by atomic mass is 32.2. The van der Waals surface area contributed by atoms with Gasteiger partial charge in [0.15, 0.2) is 0 Å². The number of hydrogen-bond acceptors (Lipinski definition) is 5. The normalized spacial score (nSPS) is 17.9. The van der Waals surface area contributed by atoms with E-state index in [1.807, 2.05) is 42.5 Å². The summed E-state index contributed by atoms with van der Waals surface area (Å²) >= 11 is 1.19. The molecule has 4 aromatic rings. The molecule has 42 heavy (non-hydrogen) atoms. The molecule has 1 aromatic heterocycles. The van der Waals surface area contributed by atoms with Crippen LogP contribution in [0.2, 0.25) is 0 Å². The third kappa shape index (κ3) is 5.29. The van der Waals surface area contributed by atoms with E-state index in [1.54, 1.807) is 17.4 Å². The number of carboxylic acid groups (broad SMARTS) is 1. The maximum atomic E-state index is 14.3. The first-order chi connectivity index (χ1) is 20.1. The van der Waals surface area contributed by atoms with Crippen LogP contribution in [-0.4, -0.2) is 39.6 Å². The second-order valence-electron chi connectivity index (χ2n) is 11.0. The molecule has 1 fully saturated rings. The number of benzene rings is 3. The van der Waals surface area contributed by atoms with Crippen molar-refractivity contribution < 1.29 is 23.1 Å². The van der Waals surface area contributed by atoms with Gasteiger partial charge in [-0.15, -0.1) is 0 Å². The Morgan fingerprint density at radius 2 is 1.76 bits per heavy atom. The molecule has 2 aliphatic rings. The van der Waals surface area contributed by atoms with Crippen LogP contribution >= 0.6 is 11.9 Å². The second-order valence-corrected chi connectivity index (χ2v) is 12.2. The summed E-state index contributed by atoms with van der Waals surface area (Å²) in [4.78, 5) is 26.8. The predicted octanol–water partition coefficient (Wildman–Crippen LogP) is 7.21. The van der Waals surface area contributed by atoms with Crippen LogP contribution in [0.4, 0.5) is 18.9 Å². The molecule has 6 nitrogen and oxygen atoms in total. The molecule has 218 valence electrons. The van der Waals surface area contributed by atoms with Crippen molar-refractivity contribution in [2.24, 2.45) is 0 Å². The first kappa shape index (κ1) is 28.4. The lowest BCUT2D eigenvalue weighted by Crippen LogP contribution is -2.42. The van der Waals surface area contributed by atoms with Gasteiger partial charge in [-0.25, -0.2) is 9.10 Å². The molecule has 1 unspecified atom stereocenters. The summed E-state index contributed by atoms with van der Waals surface area (Å²) in [5.74, 6) is -1.17. The van der Waals surface area contributed by atoms with Crippen LogP contribution in [0.25, 0.3) is 21.9 Å². The molecular weight excluding hydrogens is 563 g/mol. The zero-order valence-corrected chi connectivity index (χ0v) is 23.8. The quantitative estimate of drug-likeness (QED) is 0.230. The van der Waals surface area contributed by atoms with Crippen molar-refractivity contribution in [1.29, 1.82) is 0 Å². The maximum Gasteiger partial charge on any atom is 0.416 e. The Morgan fingerprint density at radius 1 is 1.05 bits per heavy atom. The monoisotopic (exact) mass is 593 g/mol. The Hall–Kier alpha value is -3.76. The van der Waals surface area contributed by atoms with Crippen LogP contribution in [0.1, 0.15) is 48.4 Å². The van der Waals surface area contributed by atoms with Gasteiger partial charge in [0.25, 0.3) is 5.56 Å². The van der Waals surface area contributed by atoms with E-state index in [4.69, 9.17) is 0 Å². The van der Waals surface area contributed by atoms with Crippen molar-refractivity contribution in [3.63, 3.8) is 0 Å². The minimum Gasteiger partial charge on any atom is -0.480 e. The molecule has 6 rings (SSSR count). The molecule has 0 amide bonds. The van der Waals surface area contributed by atoms with Gasteiger partial charge in [-0.2, -0.15) is 13.2 Å². The molecule has 1 aliphatic carbocycles. The fraction of sp³-hybridized carbons (Fsp3) is 0.312. The van der Waals surface area contributed by atoms with E-state index in [-0.39, 0.29) is 30.3 Å². The zero-order valence-electron chi connectivity index (χ0n) is 22.9. The van der Waals surface area contributed by atoms with Crippen LogP contribution in [0.5, 0.6) is 0 Å². The van der Waals surface area contributed by atoms with Crippen LogP contribution < -0.4 is 10.9 Å². The van der Waals surface area contributed by atoms with Gasteiger partial charge < -0.3 is 10.4 Å². The minimum atomic E-state index is -4.57. The van der Waals surface area contributed by atoms with E-state index in [9.17, 15) is 27.9 Å². The average Bonchev–Trinajstić information content (AvgIpc) is 3.48. The second kappa shape index (κ2) is 11.1. The molecule has 0 spiro atoms. The third-order valence-electron chi connectivity index (χ3n) is 8.17. The summed E-state index contributed by atoms with van der Waals surface area (Å²) in [7, 11) is 1.72. The van der Waals surface area contributed by atoms with Crippen molar-refractivity contribution in [2.75, 3.05) is 18.9 Å². The van der Waals surface area contributed by atoms with Crippen molar-refractivity contribution >= 4 is 34.4 Å². The summed E-state index contributed by atoms with van der Waals surface area (Å²) < 4.78 is 44.8. The number of alkyl halides is 3. The van der Waals surface area contributed by atoms with Gasteiger partial charge in [-0.3, -0.25) is 9.36 Å². The Balaban J connectivity index is 1.69. The number of fused-ring (bicyclic) bond motifs is 2. The predicted molar refractivity (Wildman–Crippen MR) is 159 cm³/mol. The van der Waals surface area contributed by atoms with Crippen LogP contribution in [0.15, 0.2) is 76.6 Å². The van der Waals surface area contributed by atoms with Gasteiger partial charge in [-0.05, 0) is 71.4 Å². The van der Waals surface area contributed by atoms with E-state index in [0.29, 0.717) is 16.2 Å². The first-order valence-corrected chi connectivity index (χ1v) is 14.7. The van der Waals surface area contributed by atoms with Crippen LogP contribution in [0, 0.1) is 0 Å². The topological polar surface area (TPSA) is 74.6 Å². The smallest absolute Gasteiger partial charge is 0.416 e. The number of nitrogens with zero attached hydrogens (tertiary/aromatic N) is 2. The Morgan fingerprint density at radius 3 is 2.50 bits per heavy atom. The fourth-order valence-electron chi connectivity index (χ4n) is 6.17. The number of nitrogens with one attached hydrogen (secondary N) is 1. The van der Waals surface area contributed by atoms with Gasteiger partial charge in [0.2, 0.25) is 0 Å². The molecule has 0 saturated heterocycles. The zero-order chi connectivity index (χ0) is 29.6. The van der Waals surface area contributed by atoms with Crippen LogP contribution in [0.3, 0.4) is 0 Å². The van der Waals surface area contributed by atoms with Crippen molar-refractivity contribution in [2.45, 2.75) is 55.4 Å². The molecule has 1 saturated carbocycles. The first-order valence-electron chi connectivity index (χ1n) is 14.0. The molecular formula is C32H30F3N3O3S. The molecule has 1 atom stereocenters. The number of halogens is 3. The molecule has 0 radical (unpaired) electrons. The van der Waals surface area contributed by atoms with Gasteiger partial charge in [0, 0.05) is 24.6 Å². The van der Waals surface area contributed by atoms with Crippen LogP contribution in [-0.2, 0) is 17.4 Å². The highest BCUT2D eigenvalue weighted by Gasteiger charge is 2.37. The minimum absolute atomic E-state index is 0.0131. The number of rotatable bonds is 6. The number of pyridine rings is 1. The third-order valence-corrected chi connectivity index (χ3v) is 9.20. The summed E-state index contributed by atoms with van der Waals surface area (Å²) in [5.41, 5.74) is 1.21. The van der Waals surface area contributed by atoms with Gasteiger partial charge >= 0.3 is 12.1 Å². The van der Waals surface area contributed by atoms with Crippen molar-refractivity contribution in [3.8, 4) is 11.1 Å². The number of anilines is 1. The lowest BCUT2D eigenvalue weighted by Gasteiger charge is -2.34. The number of hydrogen-bond donors (Lipinski definition) is 2. The highest BCUT2D eigenvalue weighted by molar-refractivity contribution is 7.97. The molecule has 1 aliphatic heterocycles. The lowest BCUT2D eigenvalue weighted by atomic mass is 9.91. The number of carbonyl (C=O) groups is 1. The van der Waals surface area contributed by atoms with Gasteiger partial charge in [0.05, 0.1) is 5.56 Å². The number of aliphatic carboxylic acids is 1. The van der Waals surface area contributed by atoms with E-state index in [1.165, 1.54) is 22.6 Å². The number of carboxylic acids is 1. The fourth-order valence-corrected chi connectivity index (χ4v) is 7.31. The van der Waals surface area contributed by atoms with E-state index in [2.05, 4.69) is 5.32 Å². The Bertz CT molecular complexity index is 1720. The highest BCUT2D eigenvalue weighted by Crippen LogP contribution is 2.44. The van der Waals surface area contributed by atoms with Crippen molar-refractivity contribution in [3.05, 3.63) is 93.8 Å². The Kier molecular flexibility index (Phi) is 7.53. The average molecular weight is 594 g/mol. The number of likely N-dealkylation sites (N-methyl/N-ethyl adjacent to an activating group) is 1. The van der Waals surface area contributed by atoms with Crippen molar-refractivity contribution in [1.82, 2.24) is 8.87 Å². The standard InChI is InChI=1S/C32H30F3N3O3S/c1-37-18-26(31(40)41)38-29(39)28(36-23-13-3-4-14-23)25(17-20-10-6-9-19-8-2-5-15-24(19)20)27(30(38)42-37)21-11-7-12-22(16-21)32(33,34)35/h2,5-12,15-16,23,26,36H,3-4,13-14,17-18H2,1H3,(H,40,41). The maximum absolute atomic E-state index is 14.3. The van der Waals surface area contributed by atoms with E-state index >= 15 is 0 Å². The molecule has 2 N–H and O–H groups in total. The SMILES string of the molecule is CN1CC(C(=O)O)n2c(c(-c3cccc(C(F)(F)F)c3)c(Cc3cccc4ccccc34)c(NC3CCCC3)c2=O)S1. The molecule has 2 heterocycles. The summed E-state index contributed by atoms with van der Waals surface area (Å²) in [6.07, 6.45) is -0.590. The largest absolute Gasteiger partial charge is 0.480 e. The van der Waals surface area contributed by atoms with E-state index in [0.717, 1.165) is 54.2 Å². The molecule has 3 aromatic carbocycles. The lowest BCUT2D eigenvalue weighted by molar-refractivity contribution is -0.141. The Labute approximate surface area is 245 Å². The van der Waals surface area contributed by atoms with E-state index < -0.39 is 29.3 Å². The van der Waals surface area contributed by atoms with Gasteiger partial charge in [-0.1, -0.05) is 67.4 Å². The summed E-state index contributed by atoms with van der Waals surface area (Å²) in [5, 5.41) is 15.9.